The predicted octanol–water partition coefficient (Wildman–Crippen LogP) is 1.50. The number of nitrogens with zero attached hydrogens (tertiary/aromatic N) is 2. The van der Waals surface area contributed by atoms with E-state index in [1.54, 1.807) is 0 Å². The summed E-state index contributed by atoms with van der Waals surface area (Å²) in [5.41, 5.74) is 5.71. The van der Waals surface area contributed by atoms with Crippen molar-refractivity contribution < 1.29 is 9.94 Å². The lowest BCUT2D eigenvalue weighted by Gasteiger charge is -2.43. The minimum Gasteiger partial charge on any atom is -0.409 e. The summed E-state index contributed by atoms with van der Waals surface area (Å²) < 4.78 is 6.05. The first-order valence-electron chi connectivity index (χ1n) is 6.96. The van der Waals surface area contributed by atoms with Crippen LogP contribution in [0.25, 0.3) is 0 Å². The zero-order valence-corrected chi connectivity index (χ0v) is 12.7. The summed E-state index contributed by atoms with van der Waals surface area (Å²) in [4.78, 5) is 2.37. The number of oxime groups is 1. The molecule has 0 aromatic rings. The predicted molar refractivity (Wildman–Crippen MR) is 78.9 cm³/mol. The zero-order valence-electron chi connectivity index (χ0n) is 11.8. The number of nitrogens with two attached hydrogens (primary N) is 1. The van der Waals surface area contributed by atoms with Gasteiger partial charge in [0.05, 0.1) is 5.60 Å². The van der Waals surface area contributed by atoms with Crippen molar-refractivity contribution in [2.24, 2.45) is 10.9 Å². The van der Waals surface area contributed by atoms with Crippen LogP contribution in [0.1, 0.15) is 32.6 Å². The third-order valence-corrected chi connectivity index (χ3v) is 5.66. The first-order valence-corrected chi connectivity index (χ1v) is 8.12. The van der Waals surface area contributed by atoms with Gasteiger partial charge in [-0.05, 0) is 39.0 Å². The summed E-state index contributed by atoms with van der Waals surface area (Å²) >= 11 is 2.00. The third kappa shape index (κ3) is 3.55. The van der Waals surface area contributed by atoms with E-state index in [9.17, 15) is 0 Å². The Kier molecular flexibility index (Phi) is 4.97. The van der Waals surface area contributed by atoms with Crippen LogP contribution in [0.5, 0.6) is 0 Å². The van der Waals surface area contributed by atoms with Crippen LogP contribution in [0, 0.1) is 0 Å². The Morgan fingerprint density at radius 3 is 3.11 bits per heavy atom. The van der Waals surface area contributed by atoms with E-state index in [1.165, 1.54) is 12.2 Å². The molecule has 2 fully saturated rings. The molecule has 0 radical (unpaired) electrons. The Morgan fingerprint density at radius 1 is 1.68 bits per heavy atom. The third-order valence-electron chi connectivity index (χ3n) is 4.44. The van der Waals surface area contributed by atoms with Gasteiger partial charge in [-0.15, -0.1) is 0 Å². The molecule has 0 aromatic carbocycles. The number of hydrogen-bond donors (Lipinski definition) is 2. The van der Waals surface area contributed by atoms with Crippen molar-refractivity contribution >= 4 is 17.6 Å². The zero-order chi connectivity index (χ0) is 13.9. The van der Waals surface area contributed by atoms with Crippen molar-refractivity contribution in [1.29, 1.82) is 0 Å². The molecule has 2 rings (SSSR count). The van der Waals surface area contributed by atoms with Crippen LogP contribution in [-0.4, -0.2) is 58.8 Å². The van der Waals surface area contributed by atoms with Gasteiger partial charge in [0.2, 0.25) is 0 Å². The van der Waals surface area contributed by atoms with Crippen molar-refractivity contribution in [2.75, 3.05) is 25.2 Å². The smallest absolute Gasteiger partial charge is 0.140 e. The quantitative estimate of drug-likeness (QED) is 0.355. The van der Waals surface area contributed by atoms with Crippen molar-refractivity contribution in [3.05, 3.63) is 0 Å². The molecule has 5 nitrogen and oxygen atoms in total. The number of hydrogen-bond acceptors (Lipinski definition) is 5. The van der Waals surface area contributed by atoms with E-state index < -0.39 is 0 Å². The summed E-state index contributed by atoms with van der Waals surface area (Å²) in [7, 11) is 2.14. The second-order valence-corrected chi connectivity index (χ2v) is 6.90. The molecular weight excluding hydrogens is 262 g/mol. The lowest BCUT2D eigenvalue weighted by Crippen LogP contribution is -2.50. The second kappa shape index (κ2) is 6.33. The fraction of sp³-hybridized carbons (Fsp3) is 0.923. The molecule has 1 spiro atoms. The molecule has 2 heterocycles. The van der Waals surface area contributed by atoms with Gasteiger partial charge in [-0.3, -0.25) is 0 Å². The van der Waals surface area contributed by atoms with Crippen LogP contribution in [-0.2, 0) is 4.74 Å². The van der Waals surface area contributed by atoms with Gasteiger partial charge in [0.15, 0.2) is 0 Å². The molecule has 2 aliphatic rings. The van der Waals surface area contributed by atoms with E-state index >= 15 is 0 Å². The topological polar surface area (TPSA) is 71.1 Å². The molecular formula is C13H25N3O2S. The maximum atomic E-state index is 8.66. The number of amidine groups is 1. The molecule has 110 valence electrons. The average Bonchev–Trinajstić information content (AvgIpc) is 2.85. The van der Waals surface area contributed by atoms with Gasteiger partial charge in [-0.2, -0.15) is 11.8 Å². The molecule has 3 unspecified atom stereocenters. The highest BCUT2D eigenvalue weighted by Crippen LogP contribution is 2.39. The van der Waals surface area contributed by atoms with Crippen molar-refractivity contribution in [1.82, 2.24) is 4.90 Å². The average molecular weight is 287 g/mol. The lowest BCUT2D eigenvalue weighted by atomic mass is 9.88. The summed E-state index contributed by atoms with van der Waals surface area (Å²) in [6.45, 7) is 2.98. The Balaban J connectivity index is 1.93. The van der Waals surface area contributed by atoms with Gasteiger partial charge in [0, 0.05) is 30.9 Å². The molecule has 2 aliphatic heterocycles. The fourth-order valence-corrected chi connectivity index (χ4v) is 4.44. The Hall–Kier alpha value is -0.460. The summed E-state index contributed by atoms with van der Waals surface area (Å²) in [6.07, 6.45) is 3.96. The Labute approximate surface area is 119 Å². The molecule has 0 saturated carbocycles. The maximum Gasteiger partial charge on any atom is 0.140 e. The molecule has 2 saturated heterocycles. The first-order chi connectivity index (χ1) is 9.06. The SMILES string of the molecule is CC(CC(N)=NO)N(C)C1CCOC2(CCSC2)C1. The van der Waals surface area contributed by atoms with Gasteiger partial charge >= 0.3 is 0 Å². The standard InChI is InChI=1S/C13H25N3O2S/c1-10(7-12(14)15-17)16(2)11-3-5-18-13(8-11)4-6-19-9-13/h10-11,17H,3-9H2,1-2H3,(H2,14,15). The molecule has 0 bridgehead atoms. The van der Waals surface area contributed by atoms with E-state index in [2.05, 4.69) is 24.0 Å². The van der Waals surface area contributed by atoms with Crippen LogP contribution >= 0.6 is 11.8 Å². The van der Waals surface area contributed by atoms with Crippen LogP contribution in [0.4, 0.5) is 0 Å². The van der Waals surface area contributed by atoms with Crippen LogP contribution < -0.4 is 5.73 Å². The molecule has 0 aliphatic carbocycles. The molecule has 3 atom stereocenters. The van der Waals surface area contributed by atoms with E-state index in [-0.39, 0.29) is 11.6 Å². The first kappa shape index (κ1) is 14.9. The van der Waals surface area contributed by atoms with E-state index in [4.69, 9.17) is 15.7 Å². The normalized spacial score (nSPS) is 34.1. The van der Waals surface area contributed by atoms with Crippen LogP contribution in [0.3, 0.4) is 0 Å². The summed E-state index contributed by atoms with van der Waals surface area (Å²) in [5, 5.41) is 11.7. The minimum absolute atomic E-state index is 0.109. The minimum atomic E-state index is 0.109. The maximum absolute atomic E-state index is 8.66. The van der Waals surface area contributed by atoms with E-state index in [0.29, 0.717) is 18.3 Å². The van der Waals surface area contributed by atoms with Gasteiger partial charge in [0.25, 0.3) is 0 Å². The van der Waals surface area contributed by atoms with E-state index in [1.807, 2.05) is 11.8 Å². The number of rotatable bonds is 4. The van der Waals surface area contributed by atoms with Crippen molar-refractivity contribution in [3.63, 3.8) is 0 Å². The Bertz CT molecular complexity index is 332. The highest BCUT2D eigenvalue weighted by Gasteiger charge is 2.41. The molecule has 0 amide bonds. The summed E-state index contributed by atoms with van der Waals surface area (Å²) in [5.74, 6) is 2.65. The highest BCUT2D eigenvalue weighted by atomic mass is 32.2. The fourth-order valence-electron chi connectivity index (χ4n) is 3.06. The van der Waals surface area contributed by atoms with Gasteiger partial charge < -0.3 is 20.6 Å². The molecule has 6 heteroatoms. The largest absolute Gasteiger partial charge is 0.409 e. The molecule has 3 N–H and O–H groups in total. The van der Waals surface area contributed by atoms with Gasteiger partial charge in [-0.25, -0.2) is 0 Å². The van der Waals surface area contributed by atoms with Crippen LogP contribution in [0.15, 0.2) is 5.16 Å². The van der Waals surface area contributed by atoms with Crippen molar-refractivity contribution in [3.8, 4) is 0 Å². The lowest BCUT2D eigenvalue weighted by molar-refractivity contribution is -0.0901. The van der Waals surface area contributed by atoms with Crippen molar-refractivity contribution in [2.45, 2.75) is 50.3 Å². The van der Waals surface area contributed by atoms with E-state index in [0.717, 1.165) is 25.2 Å². The monoisotopic (exact) mass is 287 g/mol. The molecule has 19 heavy (non-hydrogen) atoms. The Morgan fingerprint density at radius 2 is 2.47 bits per heavy atom. The number of ether oxygens (including phenoxy) is 1. The number of thioether (sulfide) groups is 1. The highest BCUT2D eigenvalue weighted by molar-refractivity contribution is 7.99. The van der Waals surface area contributed by atoms with Gasteiger partial charge in [0.1, 0.15) is 5.84 Å². The van der Waals surface area contributed by atoms with Gasteiger partial charge in [-0.1, -0.05) is 5.16 Å². The second-order valence-electron chi connectivity index (χ2n) is 5.79. The molecule has 0 aromatic heterocycles. The summed E-state index contributed by atoms with van der Waals surface area (Å²) in [6, 6.07) is 0.819. The van der Waals surface area contributed by atoms with Crippen LogP contribution in [0.2, 0.25) is 0 Å².